The van der Waals surface area contributed by atoms with E-state index in [1.54, 1.807) is 37.1 Å². The Kier molecular flexibility index (Phi) is 7.47. The zero-order valence-corrected chi connectivity index (χ0v) is 19.6. The number of carbonyl (C=O) groups is 3. The van der Waals surface area contributed by atoms with Gasteiger partial charge >= 0.3 is 0 Å². The van der Waals surface area contributed by atoms with Crippen LogP contribution in [0.25, 0.3) is 0 Å². The molecule has 0 aliphatic carbocycles. The van der Waals surface area contributed by atoms with Crippen molar-refractivity contribution in [3.05, 3.63) is 59.7 Å². The first kappa shape index (κ1) is 23.8. The van der Waals surface area contributed by atoms with Crippen molar-refractivity contribution in [2.24, 2.45) is 0 Å². The molecule has 0 spiro atoms. The lowest BCUT2D eigenvalue weighted by atomic mass is 9.94. The third-order valence-electron chi connectivity index (χ3n) is 6.36. The van der Waals surface area contributed by atoms with Crippen LogP contribution in [0, 0.1) is 0 Å². The second kappa shape index (κ2) is 10.7. The monoisotopic (exact) mass is 465 g/mol. The number of hydrogen-bond donors (Lipinski definition) is 2. The fraction of sp³-hybridized carbons (Fsp3) is 0.423. The van der Waals surface area contributed by atoms with E-state index in [9.17, 15) is 14.4 Å². The number of hydrogen-bond acceptors (Lipinski definition) is 5. The summed E-state index contributed by atoms with van der Waals surface area (Å²) >= 11 is 0. The molecule has 180 valence electrons. The Hall–Kier alpha value is -3.39. The lowest BCUT2D eigenvalue weighted by Crippen LogP contribution is -2.53. The molecule has 1 saturated heterocycles. The van der Waals surface area contributed by atoms with Gasteiger partial charge in [-0.3, -0.25) is 14.4 Å². The van der Waals surface area contributed by atoms with Crippen LogP contribution in [0.3, 0.4) is 0 Å². The van der Waals surface area contributed by atoms with Crippen LogP contribution in [0.5, 0.6) is 5.75 Å². The predicted octanol–water partition coefficient (Wildman–Crippen LogP) is 3.12. The SMILES string of the molecule is CCC(=O)Nc1ccc2c(c1)C(=O)N(C)[C@H]1CC[C@H](CC(=O)NCc3ccccc3)O[C@@H]1CO2. The zero-order valence-electron chi connectivity index (χ0n) is 19.6. The van der Waals surface area contributed by atoms with Crippen LogP contribution in [-0.2, 0) is 20.9 Å². The van der Waals surface area contributed by atoms with Crippen molar-refractivity contribution in [2.45, 2.75) is 57.4 Å². The third-order valence-corrected chi connectivity index (χ3v) is 6.36. The third kappa shape index (κ3) is 5.56. The smallest absolute Gasteiger partial charge is 0.257 e. The molecule has 8 heteroatoms. The van der Waals surface area contributed by atoms with Gasteiger partial charge in [0.2, 0.25) is 11.8 Å². The minimum Gasteiger partial charge on any atom is -0.490 e. The molecule has 0 saturated carbocycles. The number of nitrogens with zero attached hydrogens (tertiary/aromatic N) is 1. The maximum Gasteiger partial charge on any atom is 0.257 e. The van der Waals surface area contributed by atoms with Gasteiger partial charge in [-0.1, -0.05) is 37.3 Å². The molecule has 3 atom stereocenters. The fourth-order valence-electron chi connectivity index (χ4n) is 4.43. The Morgan fingerprint density at radius 2 is 1.88 bits per heavy atom. The molecule has 8 nitrogen and oxygen atoms in total. The number of nitrogens with one attached hydrogen (secondary N) is 2. The van der Waals surface area contributed by atoms with Crippen LogP contribution in [-0.4, -0.2) is 54.5 Å². The molecule has 34 heavy (non-hydrogen) atoms. The number of benzene rings is 2. The Bertz CT molecular complexity index is 1040. The summed E-state index contributed by atoms with van der Waals surface area (Å²) in [6, 6.07) is 14.7. The molecule has 1 fully saturated rings. The molecule has 0 bridgehead atoms. The van der Waals surface area contributed by atoms with Gasteiger partial charge in [-0.15, -0.1) is 0 Å². The van der Waals surface area contributed by atoms with E-state index >= 15 is 0 Å². The summed E-state index contributed by atoms with van der Waals surface area (Å²) < 4.78 is 12.2. The highest BCUT2D eigenvalue weighted by Crippen LogP contribution is 2.32. The molecule has 0 radical (unpaired) electrons. The fourth-order valence-corrected chi connectivity index (χ4v) is 4.43. The van der Waals surface area contributed by atoms with Crippen molar-refractivity contribution in [1.29, 1.82) is 0 Å². The molecule has 4 rings (SSSR count). The Balaban J connectivity index is 1.39. The second-order valence-electron chi connectivity index (χ2n) is 8.75. The highest BCUT2D eigenvalue weighted by molar-refractivity contribution is 5.99. The van der Waals surface area contributed by atoms with E-state index in [-0.39, 0.29) is 49.0 Å². The summed E-state index contributed by atoms with van der Waals surface area (Å²) in [4.78, 5) is 39.1. The van der Waals surface area contributed by atoms with Gasteiger partial charge in [-0.25, -0.2) is 0 Å². The van der Waals surface area contributed by atoms with Gasteiger partial charge in [-0.05, 0) is 36.6 Å². The Morgan fingerprint density at radius 3 is 2.65 bits per heavy atom. The van der Waals surface area contributed by atoms with Crippen molar-refractivity contribution in [1.82, 2.24) is 10.2 Å². The van der Waals surface area contributed by atoms with E-state index in [2.05, 4.69) is 10.6 Å². The first-order valence-corrected chi connectivity index (χ1v) is 11.7. The van der Waals surface area contributed by atoms with Crippen LogP contribution in [0.15, 0.2) is 48.5 Å². The van der Waals surface area contributed by atoms with Gasteiger partial charge < -0.3 is 25.0 Å². The highest BCUT2D eigenvalue weighted by atomic mass is 16.5. The lowest BCUT2D eigenvalue weighted by Gasteiger charge is -2.42. The summed E-state index contributed by atoms with van der Waals surface area (Å²) in [5.74, 6) is 0.0960. The molecule has 3 amide bonds. The molecule has 2 aromatic rings. The molecule has 2 N–H and O–H groups in total. The van der Waals surface area contributed by atoms with Gasteiger partial charge in [0.25, 0.3) is 5.91 Å². The number of likely N-dealkylation sites (N-methyl/N-ethyl adjacent to an activating group) is 1. The van der Waals surface area contributed by atoms with Crippen molar-refractivity contribution < 1.29 is 23.9 Å². The topological polar surface area (TPSA) is 97.0 Å². The molecule has 2 aliphatic rings. The normalized spacial score (nSPS) is 21.9. The zero-order chi connectivity index (χ0) is 24.1. The first-order valence-electron chi connectivity index (χ1n) is 11.7. The van der Waals surface area contributed by atoms with Gasteiger partial charge in [0.1, 0.15) is 18.5 Å². The summed E-state index contributed by atoms with van der Waals surface area (Å²) in [5, 5.41) is 5.73. The standard InChI is InChI=1S/C26H31N3O5/c1-3-24(30)28-18-9-12-22-20(13-18)26(32)29(2)21-11-10-19(34-23(21)16-33-22)14-25(31)27-15-17-7-5-4-6-8-17/h4-9,12-13,19,21,23H,3,10-11,14-16H2,1-2H3,(H,27,31)(H,28,30)/t19-,21+,23-/m1/s1. The first-order chi connectivity index (χ1) is 16.4. The maximum absolute atomic E-state index is 13.2. The van der Waals surface area contributed by atoms with Crippen LogP contribution in [0.1, 0.15) is 48.5 Å². The molecular weight excluding hydrogens is 434 g/mol. The van der Waals surface area contributed by atoms with Crippen LogP contribution >= 0.6 is 0 Å². The van der Waals surface area contributed by atoms with E-state index in [0.29, 0.717) is 42.8 Å². The van der Waals surface area contributed by atoms with E-state index in [0.717, 1.165) is 5.56 Å². The Labute approximate surface area is 199 Å². The minimum atomic E-state index is -0.331. The van der Waals surface area contributed by atoms with E-state index in [1.165, 1.54) is 0 Å². The molecular formula is C26H31N3O5. The number of fused-ring (bicyclic) bond motifs is 2. The summed E-state index contributed by atoms with van der Waals surface area (Å²) in [5.41, 5.74) is 2.02. The van der Waals surface area contributed by atoms with Gasteiger partial charge in [-0.2, -0.15) is 0 Å². The Morgan fingerprint density at radius 1 is 1.09 bits per heavy atom. The van der Waals surface area contributed by atoms with Gasteiger partial charge in [0, 0.05) is 25.7 Å². The largest absolute Gasteiger partial charge is 0.490 e. The highest BCUT2D eigenvalue weighted by Gasteiger charge is 2.39. The van der Waals surface area contributed by atoms with Crippen LogP contribution in [0.2, 0.25) is 0 Å². The van der Waals surface area contributed by atoms with E-state index in [4.69, 9.17) is 9.47 Å². The molecule has 2 aliphatic heterocycles. The molecule has 0 aromatic heterocycles. The number of carbonyl (C=O) groups excluding carboxylic acids is 3. The summed E-state index contributed by atoms with van der Waals surface area (Å²) in [7, 11) is 1.77. The number of rotatable bonds is 6. The van der Waals surface area contributed by atoms with Crippen LogP contribution in [0.4, 0.5) is 5.69 Å². The molecule has 2 heterocycles. The van der Waals surface area contributed by atoms with E-state index < -0.39 is 0 Å². The van der Waals surface area contributed by atoms with Crippen LogP contribution < -0.4 is 15.4 Å². The van der Waals surface area contributed by atoms with Crippen molar-refractivity contribution >= 4 is 23.4 Å². The maximum atomic E-state index is 13.2. The number of amides is 3. The minimum absolute atomic E-state index is 0.0597. The van der Waals surface area contributed by atoms with Crippen molar-refractivity contribution in [3.63, 3.8) is 0 Å². The molecule has 0 unspecified atom stereocenters. The van der Waals surface area contributed by atoms with Gasteiger partial charge in [0.05, 0.1) is 24.1 Å². The molecule has 2 aromatic carbocycles. The average Bonchev–Trinajstić information content (AvgIpc) is 2.86. The predicted molar refractivity (Wildman–Crippen MR) is 128 cm³/mol. The van der Waals surface area contributed by atoms with Gasteiger partial charge in [0.15, 0.2) is 0 Å². The lowest BCUT2D eigenvalue weighted by molar-refractivity contribution is -0.134. The second-order valence-corrected chi connectivity index (χ2v) is 8.75. The summed E-state index contributed by atoms with van der Waals surface area (Å²) in [6.07, 6.45) is 1.46. The summed E-state index contributed by atoms with van der Waals surface area (Å²) in [6.45, 7) is 2.53. The quantitative estimate of drug-likeness (QED) is 0.683. The number of ether oxygens (including phenoxy) is 2. The number of anilines is 1. The van der Waals surface area contributed by atoms with Crippen molar-refractivity contribution in [3.8, 4) is 5.75 Å². The van der Waals surface area contributed by atoms with Crippen molar-refractivity contribution in [2.75, 3.05) is 19.0 Å². The average molecular weight is 466 g/mol. The van der Waals surface area contributed by atoms with E-state index in [1.807, 2.05) is 30.3 Å².